The van der Waals surface area contributed by atoms with Crippen LogP contribution >= 0.6 is 0 Å². The van der Waals surface area contributed by atoms with Crippen LogP contribution in [0.3, 0.4) is 0 Å². The summed E-state index contributed by atoms with van der Waals surface area (Å²) in [5.41, 5.74) is 6.23. The zero-order valence-electron chi connectivity index (χ0n) is 22.5. The molecule has 3 aromatic carbocycles. The molecule has 2 atom stereocenters. The lowest BCUT2D eigenvalue weighted by molar-refractivity contribution is -0.131. The zero-order valence-corrected chi connectivity index (χ0v) is 22.5. The van der Waals surface area contributed by atoms with Crippen molar-refractivity contribution in [2.24, 2.45) is 0 Å². The van der Waals surface area contributed by atoms with Crippen LogP contribution in [0.4, 0.5) is 14.5 Å². The summed E-state index contributed by atoms with van der Waals surface area (Å²) in [6.07, 6.45) is 9.04. The molecule has 40 heavy (non-hydrogen) atoms. The number of aliphatic carboxylic acids is 1. The minimum atomic E-state index is -1.18. The van der Waals surface area contributed by atoms with Gasteiger partial charge in [-0.15, -0.1) is 0 Å². The van der Waals surface area contributed by atoms with E-state index in [1.165, 1.54) is 36.6 Å². The van der Waals surface area contributed by atoms with E-state index in [2.05, 4.69) is 47.3 Å². The van der Waals surface area contributed by atoms with Crippen molar-refractivity contribution in [1.82, 2.24) is 9.78 Å². The first kappa shape index (κ1) is 26.0. The molecule has 0 bridgehead atoms. The molecule has 0 saturated heterocycles. The van der Waals surface area contributed by atoms with Crippen molar-refractivity contribution in [3.63, 3.8) is 0 Å². The van der Waals surface area contributed by atoms with E-state index < -0.39 is 23.6 Å². The molecule has 1 saturated carbocycles. The molecule has 2 aliphatic rings. The number of carboxylic acid groups (broad SMARTS) is 1. The number of nitrogens with zero attached hydrogens (tertiary/aromatic N) is 3. The smallest absolute Gasteiger partial charge is 0.328 e. The molecule has 1 aromatic heterocycles. The lowest BCUT2D eigenvalue weighted by atomic mass is 9.82. The summed E-state index contributed by atoms with van der Waals surface area (Å²) >= 11 is 0. The Morgan fingerprint density at radius 1 is 1.05 bits per heavy atom. The molecule has 7 heteroatoms. The Kier molecular flexibility index (Phi) is 6.74. The van der Waals surface area contributed by atoms with E-state index in [4.69, 9.17) is 5.11 Å². The quantitative estimate of drug-likeness (QED) is 0.249. The summed E-state index contributed by atoms with van der Waals surface area (Å²) in [6, 6.07) is 16.2. The second-order valence-electron chi connectivity index (χ2n) is 10.8. The van der Waals surface area contributed by atoms with E-state index in [0.717, 1.165) is 40.6 Å². The Bertz CT molecular complexity index is 1580. The van der Waals surface area contributed by atoms with Crippen LogP contribution in [0.1, 0.15) is 66.5 Å². The van der Waals surface area contributed by atoms with E-state index in [1.54, 1.807) is 0 Å². The number of hydrogen-bond acceptors (Lipinski definition) is 3. The van der Waals surface area contributed by atoms with Crippen molar-refractivity contribution >= 4 is 17.7 Å². The van der Waals surface area contributed by atoms with Crippen molar-refractivity contribution in [2.45, 2.75) is 57.7 Å². The largest absolute Gasteiger partial charge is 0.478 e. The summed E-state index contributed by atoms with van der Waals surface area (Å²) in [6.45, 7) is 4.90. The average Bonchev–Trinajstić information content (AvgIpc) is 3.67. The highest BCUT2D eigenvalue weighted by atomic mass is 19.1. The number of halogens is 2. The normalized spacial score (nSPS) is 18.8. The summed E-state index contributed by atoms with van der Waals surface area (Å²) in [5, 5.41) is 13.4. The fraction of sp³-hybridized carbons (Fsp3) is 0.273. The molecular weight excluding hydrogens is 508 g/mol. The minimum absolute atomic E-state index is 0.0386. The minimum Gasteiger partial charge on any atom is -0.478 e. The van der Waals surface area contributed by atoms with Gasteiger partial charge in [-0.3, -0.25) is 4.68 Å². The molecule has 0 spiro atoms. The molecule has 5 nitrogen and oxygen atoms in total. The molecule has 1 aliphatic heterocycles. The van der Waals surface area contributed by atoms with Crippen molar-refractivity contribution in [2.75, 3.05) is 4.90 Å². The van der Waals surface area contributed by atoms with Crippen LogP contribution < -0.4 is 4.90 Å². The summed E-state index contributed by atoms with van der Waals surface area (Å²) < 4.78 is 33.5. The van der Waals surface area contributed by atoms with Crippen molar-refractivity contribution in [3.05, 3.63) is 113 Å². The van der Waals surface area contributed by atoms with Gasteiger partial charge in [-0.1, -0.05) is 30.3 Å². The number of aryl methyl sites for hydroxylation is 1. The number of aromatic nitrogens is 2. The van der Waals surface area contributed by atoms with Gasteiger partial charge in [0, 0.05) is 36.1 Å². The molecule has 6 rings (SSSR count). The predicted octanol–water partition coefficient (Wildman–Crippen LogP) is 7.36. The Hall–Kier alpha value is -4.26. The van der Waals surface area contributed by atoms with Crippen molar-refractivity contribution in [3.8, 4) is 11.1 Å². The van der Waals surface area contributed by atoms with Crippen LogP contribution in [-0.4, -0.2) is 26.9 Å². The maximum Gasteiger partial charge on any atom is 0.328 e. The number of benzene rings is 3. The third kappa shape index (κ3) is 4.92. The number of fused-ring (bicyclic) bond motifs is 1. The van der Waals surface area contributed by atoms with E-state index >= 15 is 8.78 Å². The van der Waals surface area contributed by atoms with Gasteiger partial charge in [-0.2, -0.15) is 5.10 Å². The third-order valence-electron chi connectivity index (χ3n) is 8.03. The molecule has 204 valence electrons. The zero-order chi connectivity index (χ0) is 28.0. The van der Waals surface area contributed by atoms with Crippen LogP contribution in [0.2, 0.25) is 0 Å². The van der Waals surface area contributed by atoms with Gasteiger partial charge in [0.25, 0.3) is 0 Å². The Labute approximate surface area is 232 Å². The van der Waals surface area contributed by atoms with Gasteiger partial charge in [-0.05, 0) is 97.2 Å². The molecule has 1 aliphatic carbocycles. The molecule has 2 unspecified atom stereocenters. The Balaban J connectivity index is 1.48. The van der Waals surface area contributed by atoms with Gasteiger partial charge < -0.3 is 10.0 Å². The lowest BCUT2D eigenvalue weighted by Crippen LogP contribution is -2.43. The van der Waals surface area contributed by atoms with Gasteiger partial charge in [0.1, 0.15) is 11.6 Å². The first-order valence-corrected chi connectivity index (χ1v) is 13.8. The number of anilines is 1. The third-order valence-corrected chi connectivity index (χ3v) is 8.03. The van der Waals surface area contributed by atoms with E-state index in [9.17, 15) is 4.79 Å². The summed E-state index contributed by atoms with van der Waals surface area (Å²) in [5.74, 6) is -1.98. The second kappa shape index (κ2) is 10.4. The molecule has 4 aromatic rings. The molecular formula is C33H31F2N3O2. The fourth-order valence-electron chi connectivity index (χ4n) is 5.90. The first-order chi connectivity index (χ1) is 19.3. The van der Waals surface area contributed by atoms with E-state index in [-0.39, 0.29) is 17.2 Å². The van der Waals surface area contributed by atoms with Gasteiger partial charge in [0.05, 0.1) is 17.8 Å². The fourth-order valence-corrected chi connectivity index (χ4v) is 5.90. The molecule has 1 fully saturated rings. The maximum atomic E-state index is 15.8. The van der Waals surface area contributed by atoms with Gasteiger partial charge >= 0.3 is 5.97 Å². The monoisotopic (exact) mass is 539 g/mol. The molecule has 0 amide bonds. The van der Waals surface area contributed by atoms with Crippen LogP contribution in [-0.2, 0) is 17.8 Å². The Morgan fingerprint density at radius 2 is 1.77 bits per heavy atom. The van der Waals surface area contributed by atoms with Crippen LogP contribution in [0, 0.1) is 11.6 Å². The average molecular weight is 540 g/mol. The highest BCUT2D eigenvalue weighted by Gasteiger charge is 2.37. The maximum absolute atomic E-state index is 15.8. The summed E-state index contributed by atoms with van der Waals surface area (Å²) in [7, 11) is 0. The Morgan fingerprint density at radius 3 is 2.40 bits per heavy atom. The lowest BCUT2D eigenvalue weighted by Gasteiger charge is -2.44. The number of rotatable bonds is 7. The molecule has 1 N–H and O–H groups in total. The van der Waals surface area contributed by atoms with Gasteiger partial charge in [0.15, 0.2) is 0 Å². The second-order valence-corrected chi connectivity index (χ2v) is 10.8. The van der Waals surface area contributed by atoms with Crippen LogP contribution in [0.5, 0.6) is 0 Å². The van der Waals surface area contributed by atoms with E-state index in [1.807, 2.05) is 36.1 Å². The number of carbonyl (C=O) groups is 1. The number of carboxylic acids is 1. The first-order valence-electron chi connectivity index (χ1n) is 13.8. The number of hydrogen-bond donors (Lipinski definition) is 1. The SMILES string of the molecule is CCn1cc(-c2ccc3c(c2)CC(C)N(c2ccc(C4CC4)cc2)C3c2c(F)cc(/C=C/C(=O)O)cc2F)cn1. The highest BCUT2D eigenvalue weighted by Crippen LogP contribution is 2.45. The molecule has 0 radical (unpaired) electrons. The van der Waals surface area contributed by atoms with E-state index in [0.29, 0.717) is 12.3 Å². The summed E-state index contributed by atoms with van der Waals surface area (Å²) in [4.78, 5) is 13.1. The highest BCUT2D eigenvalue weighted by molar-refractivity contribution is 5.85. The molecule has 2 heterocycles. The topological polar surface area (TPSA) is 58.4 Å². The van der Waals surface area contributed by atoms with Gasteiger partial charge in [0.2, 0.25) is 0 Å². The van der Waals surface area contributed by atoms with Crippen LogP contribution in [0.15, 0.2) is 73.1 Å². The van der Waals surface area contributed by atoms with Crippen molar-refractivity contribution < 1.29 is 18.7 Å². The van der Waals surface area contributed by atoms with Crippen molar-refractivity contribution in [1.29, 1.82) is 0 Å². The predicted molar refractivity (Wildman–Crippen MR) is 152 cm³/mol. The van der Waals surface area contributed by atoms with Gasteiger partial charge in [-0.25, -0.2) is 13.6 Å². The van der Waals surface area contributed by atoms with Crippen LogP contribution in [0.25, 0.3) is 17.2 Å². The standard InChI is InChI=1S/C33H31F2N3O2/c1-3-37-19-26(18-36-37)24-9-12-28-25(17-24)14-20(2)38(27-10-7-23(8-11-27)22-5-6-22)33(28)32-29(34)15-21(16-30(32)35)4-13-31(39)40/h4,7-13,15-20,22,33H,3,5-6,14H2,1-2H3,(H,39,40)/b13-4+.